The number of hydrogen-bond donors (Lipinski definition) is 0. The summed E-state index contributed by atoms with van der Waals surface area (Å²) in [6, 6.07) is 7.13. The van der Waals surface area contributed by atoms with Crippen molar-refractivity contribution in [2.45, 2.75) is 4.84 Å². The van der Waals surface area contributed by atoms with E-state index in [9.17, 15) is 0 Å². The van der Waals surface area contributed by atoms with Gasteiger partial charge in [0.2, 0.25) is 0 Å². The van der Waals surface area contributed by atoms with Crippen LogP contribution >= 0.6 is 34.8 Å². The molecule has 88 valence electrons. The second kappa shape index (κ2) is 5.49. The fourth-order valence-electron chi connectivity index (χ4n) is 1.19. The van der Waals surface area contributed by atoms with Crippen LogP contribution < -0.4 is 0 Å². The summed E-state index contributed by atoms with van der Waals surface area (Å²) in [5.74, 6) is 0.346. The van der Waals surface area contributed by atoms with Gasteiger partial charge in [-0.3, -0.25) is 0 Å². The molecule has 1 aromatic carbocycles. The number of rotatable bonds is 2. The summed E-state index contributed by atoms with van der Waals surface area (Å²) in [6.07, 6.45) is 2.84. The van der Waals surface area contributed by atoms with E-state index in [1.54, 1.807) is 12.1 Å². The highest BCUT2D eigenvalue weighted by molar-refractivity contribution is 6.54. The maximum atomic E-state index is 6.00. The molecule has 4 nitrogen and oxygen atoms in total. The Morgan fingerprint density at radius 1 is 1.29 bits per heavy atom. The predicted molar refractivity (Wildman–Crippen MR) is 69.5 cm³/mol. The molecule has 0 unspecified atom stereocenters. The maximum absolute atomic E-state index is 6.00. The first-order chi connectivity index (χ1) is 8.18. The zero-order chi connectivity index (χ0) is 12.3. The average molecular weight is 290 g/mol. The Morgan fingerprint density at radius 2 is 2.06 bits per heavy atom. The van der Waals surface area contributed by atoms with Crippen LogP contribution in [0.5, 0.6) is 0 Å². The van der Waals surface area contributed by atoms with Gasteiger partial charge in [0.25, 0.3) is 0 Å². The number of para-hydroxylation sites is 1. The summed E-state index contributed by atoms with van der Waals surface area (Å²) in [7, 11) is 0. The number of aromatic nitrogens is 3. The highest BCUT2D eigenvalue weighted by atomic mass is 35.5. The number of hydrogen-bond acceptors (Lipinski definition) is 3. The molecule has 0 bridgehead atoms. The number of benzene rings is 1. The number of nitrogens with zero attached hydrogens (tertiary/aromatic N) is 4. The lowest BCUT2D eigenvalue weighted by molar-refractivity contribution is 0.921. The summed E-state index contributed by atoms with van der Waals surface area (Å²) in [5, 5.41) is 4.44. The third kappa shape index (κ3) is 2.97. The fourth-order valence-corrected chi connectivity index (χ4v) is 1.67. The van der Waals surface area contributed by atoms with Gasteiger partial charge >= 0.3 is 0 Å². The largest absolute Gasteiger partial charge is 0.229 e. The zero-order valence-electron chi connectivity index (χ0n) is 8.46. The van der Waals surface area contributed by atoms with Gasteiger partial charge < -0.3 is 0 Å². The molecule has 0 radical (unpaired) electrons. The minimum Gasteiger partial charge on any atom is -0.229 e. The van der Waals surface area contributed by atoms with Crippen molar-refractivity contribution in [3.05, 3.63) is 41.9 Å². The van der Waals surface area contributed by atoms with Gasteiger partial charge in [-0.05, 0) is 12.1 Å². The van der Waals surface area contributed by atoms with Crippen LogP contribution in [-0.2, 0) is 0 Å². The van der Waals surface area contributed by atoms with Crippen molar-refractivity contribution < 1.29 is 0 Å². The average Bonchev–Trinajstić information content (AvgIpc) is 2.81. The molecule has 0 fully saturated rings. The van der Waals surface area contributed by atoms with Crippen molar-refractivity contribution >= 4 is 46.3 Å². The first-order valence-electron chi connectivity index (χ1n) is 4.65. The van der Waals surface area contributed by atoms with Crippen LogP contribution in [0.25, 0.3) is 0 Å². The first kappa shape index (κ1) is 12.4. The van der Waals surface area contributed by atoms with E-state index in [1.807, 2.05) is 12.1 Å². The molecule has 0 aliphatic heterocycles. The van der Waals surface area contributed by atoms with Crippen molar-refractivity contribution in [2.75, 3.05) is 0 Å². The lowest BCUT2D eigenvalue weighted by Crippen LogP contribution is -2.19. The van der Waals surface area contributed by atoms with Gasteiger partial charge in [-0.1, -0.05) is 46.9 Å². The van der Waals surface area contributed by atoms with Gasteiger partial charge in [-0.15, -0.1) is 0 Å². The van der Waals surface area contributed by atoms with Gasteiger partial charge in [-0.2, -0.15) is 5.10 Å². The van der Waals surface area contributed by atoms with Crippen molar-refractivity contribution in [1.29, 1.82) is 0 Å². The molecule has 1 heterocycles. The topological polar surface area (TPSA) is 43.1 Å². The Kier molecular flexibility index (Phi) is 3.99. The summed E-state index contributed by atoms with van der Waals surface area (Å²) in [5.41, 5.74) is 0.575. The van der Waals surface area contributed by atoms with Crippen LogP contribution in [0.2, 0.25) is 5.02 Å². The molecule has 2 rings (SSSR count). The van der Waals surface area contributed by atoms with E-state index in [-0.39, 0.29) is 0 Å². The third-order valence-electron chi connectivity index (χ3n) is 1.94. The summed E-state index contributed by atoms with van der Waals surface area (Å²) in [6.45, 7) is 0. The minimum atomic E-state index is -0.826. The molecular weight excluding hydrogens is 282 g/mol. The van der Waals surface area contributed by atoms with E-state index in [0.29, 0.717) is 16.5 Å². The molecule has 0 N–H and O–H groups in total. The van der Waals surface area contributed by atoms with E-state index < -0.39 is 4.84 Å². The zero-order valence-corrected chi connectivity index (χ0v) is 10.7. The molecule has 0 aliphatic rings. The summed E-state index contributed by atoms with van der Waals surface area (Å²) >= 11 is 17.7. The molecule has 0 saturated carbocycles. The van der Waals surface area contributed by atoms with E-state index >= 15 is 0 Å². The Bertz CT molecular complexity index is 522. The molecule has 0 aliphatic carbocycles. The van der Waals surface area contributed by atoms with Gasteiger partial charge in [0.05, 0.1) is 10.7 Å². The van der Waals surface area contributed by atoms with Gasteiger partial charge in [0.15, 0.2) is 10.7 Å². The maximum Gasteiger partial charge on any atom is 0.167 e. The van der Waals surface area contributed by atoms with E-state index in [4.69, 9.17) is 34.8 Å². The van der Waals surface area contributed by atoms with Crippen molar-refractivity contribution in [1.82, 2.24) is 14.8 Å². The number of aliphatic imine (C=N–C) groups is 1. The molecule has 2 aromatic rings. The fraction of sp³-hybridized carbons (Fsp3) is 0.100. The van der Waals surface area contributed by atoms with Gasteiger partial charge in [0, 0.05) is 0 Å². The Balaban J connectivity index is 2.45. The summed E-state index contributed by atoms with van der Waals surface area (Å²) in [4.78, 5) is 7.27. The van der Waals surface area contributed by atoms with Crippen LogP contribution in [0.15, 0.2) is 41.9 Å². The van der Waals surface area contributed by atoms with Crippen LogP contribution in [0.1, 0.15) is 0 Å². The Labute approximate surface area is 113 Å². The molecular formula is C10H7Cl3N4. The quantitative estimate of drug-likeness (QED) is 0.483. The van der Waals surface area contributed by atoms with Crippen LogP contribution in [0.4, 0.5) is 5.69 Å². The Morgan fingerprint density at radius 3 is 2.65 bits per heavy atom. The number of halogens is 3. The van der Waals surface area contributed by atoms with E-state index in [2.05, 4.69) is 15.1 Å². The number of alkyl halides is 2. The standard InChI is InChI=1S/C10H7Cl3N4/c11-7-3-1-2-4-8(7)16-10(9(12)13)17-6-14-5-15-17/h1-6,9H. The smallest absolute Gasteiger partial charge is 0.167 e. The monoisotopic (exact) mass is 288 g/mol. The van der Waals surface area contributed by atoms with Crippen LogP contribution in [0, 0.1) is 0 Å². The normalized spacial score (nSPS) is 12.1. The van der Waals surface area contributed by atoms with Crippen molar-refractivity contribution in [3.63, 3.8) is 0 Å². The van der Waals surface area contributed by atoms with Crippen molar-refractivity contribution in [2.24, 2.45) is 4.99 Å². The molecule has 0 amide bonds. The lowest BCUT2D eigenvalue weighted by atomic mass is 10.3. The lowest BCUT2D eigenvalue weighted by Gasteiger charge is -2.07. The Hall–Kier alpha value is -1.10. The molecule has 17 heavy (non-hydrogen) atoms. The van der Waals surface area contributed by atoms with Crippen LogP contribution in [-0.4, -0.2) is 25.4 Å². The van der Waals surface area contributed by atoms with E-state index in [0.717, 1.165) is 0 Å². The third-order valence-corrected chi connectivity index (χ3v) is 2.65. The molecule has 7 heteroatoms. The molecule has 0 saturated heterocycles. The highest BCUT2D eigenvalue weighted by Crippen LogP contribution is 2.25. The first-order valence-corrected chi connectivity index (χ1v) is 5.90. The predicted octanol–water partition coefficient (Wildman–Crippen LogP) is 3.31. The van der Waals surface area contributed by atoms with Crippen LogP contribution in [0.3, 0.4) is 0 Å². The molecule has 0 atom stereocenters. The van der Waals surface area contributed by atoms with E-state index in [1.165, 1.54) is 17.3 Å². The molecule has 1 aromatic heterocycles. The van der Waals surface area contributed by atoms with Gasteiger partial charge in [-0.25, -0.2) is 14.7 Å². The van der Waals surface area contributed by atoms with Crippen molar-refractivity contribution in [3.8, 4) is 0 Å². The van der Waals surface area contributed by atoms with Gasteiger partial charge in [0.1, 0.15) is 12.7 Å². The second-order valence-corrected chi connectivity index (χ2v) is 4.57. The summed E-state index contributed by atoms with van der Waals surface area (Å²) < 4.78 is 1.40. The SMILES string of the molecule is Clc1ccccc1N=C(C(Cl)Cl)n1cncn1. The second-order valence-electron chi connectivity index (χ2n) is 3.06. The minimum absolute atomic E-state index is 0.346. The molecule has 0 spiro atoms. The highest BCUT2D eigenvalue weighted by Gasteiger charge is 2.13.